The minimum Gasteiger partial charge on any atom is -0.478 e. The first-order chi connectivity index (χ1) is 10.1. The zero-order valence-corrected chi connectivity index (χ0v) is 10.9. The highest BCUT2D eigenvalue weighted by Crippen LogP contribution is 2.19. The fourth-order valence-corrected chi connectivity index (χ4v) is 1.72. The third-order valence-corrected chi connectivity index (χ3v) is 2.72. The third-order valence-electron chi connectivity index (χ3n) is 2.72. The maximum atomic E-state index is 13.6. The van der Waals surface area contributed by atoms with Crippen LogP contribution in [0, 0.1) is 5.82 Å². The molecule has 0 aliphatic carbocycles. The highest BCUT2D eigenvalue weighted by atomic mass is 19.1. The Morgan fingerprint density at radius 2 is 2.19 bits per heavy atom. The standard InChI is InChI=1S/C13H13FN4O3/c14-10-3-1-2-9(12(19)20)11(10)18-13(21)16-5-4-8-6-15-7-17-8/h1-3,6-7H,4-5H2,(H,15,17)(H,19,20)(H2,16,18,21). The van der Waals surface area contributed by atoms with Crippen LogP contribution in [-0.2, 0) is 6.42 Å². The van der Waals surface area contributed by atoms with Crippen molar-refractivity contribution in [3.05, 3.63) is 47.8 Å². The molecule has 0 aliphatic rings. The molecule has 21 heavy (non-hydrogen) atoms. The molecule has 0 saturated carbocycles. The fourth-order valence-electron chi connectivity index (χ4n) is 1.72. The van der Waals surface area contributed by atoms with Gasteiger partial charge in [0.2, 0.25) is 0 Å². The van der Waals surface area contributed by atoms with Crippen molar-refractivity contribution in [1.29, 1.82) is 0 Å². The number of amides is 2. The van der Waals surface area contributed by atoms with Crippen LogP contribution in [0.25, 0.3) is 0 Å². The van der Waals surface area contributed by atoms with E-state index < -0.39 is 17.8 Å². The van der Waals surface area contributed by atoms with Crippen molar-refractivity contribution >= 4 is 17.7 Å². The molecule has 7 nitrogen and oxygen atoms in total. The van der Waals surface area contributed by atoms with Gasteiger partial charge in [0.1, 0.15) is 5.82 Å². The summed E-state index contributed by atoms with van der Waals surface area (Å²) in [5, 5.41) is 13.7. The minimum atomic E-state index is -1.32. The van der Waals surface area contributed by atoms with E-state index in [9.17, 15) is 14.0 Å². The van der Waals surface area contributed by atoms with E-state index in [4.69, 9.17) is 5.11 Å². The van der Waals surface area contributed by atoms with E-state index in [0.717, 1.165) is 11.8 Å². The van der Waals surface area contributed by atoms with Gasteiger partial charge in [0.05, 0.1) is 17.6 Å². The van der Waals surface area contributed by atoms with E-state index in [-0.39, 0.29) is 11.3 Å². The number of aromatic carboxylic acids is 1. The van der Waals surface area contributed by atoms with Crippen LogP contribution in [0.3, 0.4) is 0 Å². The Morgan fingerprint density at radius 1 is 1.38 bits per heavy atom. The molecule has 0 atom stereocenters. The quantitative estimate of drug-likeness (QED) is 0.671. The Kier molecular flexibility index (Phi) is 4.50. The summed E-state index contributed by atoms with van der Waals surface area (Å²) in [4.78, 5) is 29.3. The van der Waals surface area contributed by atoms with Gasteiger partial charge in [-0.25, -0.2) is 19.0 Å². The van der Waals surface area contributed by atoms with Gasteiger partial charge in [0.25, 0.3) is 0 Å². The first kappa shape index (κ1) is 14.5. The van der Waals surface area contributed by atoms with Gasteiger partial charge in [0, 0.05) is 24.9 Å². The van der Waals surface area contributed by atoms with E-state index in [1.165, 1.54) is 18.5 Å². The number of H-pyrrole nitrogens is 1. The summed E-state index contributed by atoms with van der Waals surface area (Å²) in [5.74, 6) is -2.12. The summed E-state index contributed by atoms with van der Waals surface area (Å²) in [6, 6.07) is 2.88. The largest absolute Gasteiger partial charge is 0.478 e. The van der Waals surface area contributed by atoms with Crippen LogP contribution >= 0.6 is 0 Å². The summed E-state index contributed by atoms with van der Waals surface area (Å²) in [6.07, 6.45) is 3.67. The second-order valence-corrected chi connectivity index (χ2v) is 4.18. The first-order valence-corrected chi connectivity index (χ1v) is 6.12. The number of hydrogen-bond donors (Lipinski definition) is 4. The van der Waals surface area contributed by atoms with E-state index in [2.05, 4.69) is 20.6 Å². The predicted molar refractivity (Wildman–Crippen MR) is 72.7 cm³/mol. The number of imidazole rings is 1. The van der Waals surface area contributed by atoms with Crippen LogP contribution in [0.15, 0.2) is 30.7 Å². The number of aromatic nitrogens is 2. The molecule has 0 aliphatic heterocycles. The number of rotatable bonds is 5. The average molecular weight is 292 g/mol. The molecule has 0 bridgehead atoms. The number of aromatic amines is 1. The second kappa shape index (κ2) is 6.51. The molecule has 2 rings (SSSR count). The van der Waals surface area contributed by atoms with Gasteiger partial charge in [-0.05, 0) is 12.1 Å². The van der Waals surface area contributed by atoms with Crippen molar-refractivity contribution in [2.45, 2.75) is 6.42 Å². The maximum Gasteiger partial charge on any atom is 0.337 e. The van der Waals surface area contributed by atoms with Gasteiger partial charge in [-0.2, -0.15) is 0 Å². The van der Waals surface area contributed by atoms with Crippen molar-refractivity contribution in [2.75, 3.05) is 11.9 Å². The Balaban J connectivity index is 1.95. The second-order valence-electron chi connectivity index (χ2n) is 4.18. The number of anilines is 1. The van der Waals surface area contributed by atoms with E-state index in [1.54, 1.807) is 6.20 Å². The lowest BCUT2D eigenvalue weighted by molar-refractivity contribution is 0.0697. The molecule has 0 radical (unpaired) electrons. The van der Waals surface area contributed by atoms with Crippen LogP contribution in [0.1, 0.15) is 16.1 Å². The molecule has 1 heterocycles. The summed E-state index contributed by atoms with van der Waals surface area (Å²) < 4.78 is 13.6. The Labute approximate surface area is 119 Å². The molecule has 0 unspecified atom stereocenters. The SMILES string of the molecule is O=C(NCCc1cnc[nH]1)Nc1c(F)cccc1C(=O)O. The lowest BCUT2D eigenvalue weighted by Gasteiger charge is -2.10. The number of carbonyl (C=O) groups excluding carboxylic acids is 1. The van der Waals surface area contributed by atoms with Crippen molar-refractivity contribution in [3.63, 3.8) is 0 Å². The number of hydrogen-bond acceptors (Lipinski definition) is 3. The lowest BCUT2D eigenvalue weighted by atomic mass is 10.1. The molecule has 110 valence electrons. The van der Waals surface area contributed by atoms with Crippen LogP contribution in [0.4, 0.5) is 14.9 Å². The maximum absolute atomic E-state index is 13.6. The predicted octanol–water partition coefficient (Wildman–Crippen LogP) is 1.61. The number of carbonyl (C=O) groups is 2. The summed E-state index contributed by atoms with van der Waals surface area (Å²) in [7, 11) is 0. The number of para-hydroxylation sites is 1. The molecular formula is C13H13FN4O3. The zero-order chi connectivity index (χ0) is 15.2. The summed E-state index contributed by atoms with van der Waals surface area (Å²) in [6.45, 7) is 0.297. The third kappa shape index (κ3) is 3.78. The molecule has 2 amide bonds. The Morgan fingerprint density at radius 3 is 2.86 bits per heavy atom. The number of urea groups is 1. The van der Waals surface area contributed by atoms with E-state index >= 15 is 0 Å². The van der Waals surface area contributed by atoms with Crippen LogP contribution in [0.2, 0.25) is 0 Å². The van der Waals surface area contributed by atoms with Crippen molar-refractivity contribution < 1.29 is 19.1 Å². The molecule has 0 spiro atoms. The number of carboxylic acids is 1. The molecular weight excluding hydrogens is 279 g/mol. The van der Waals surface area contributed by atoms with Gasteiger partial charge in [0.15, 0.2) is 0 Å². The first-order valence-electron chi connectivity index (χ1n) is 6.12. The molecule has 1 aromatic carbocycles. The average Bonchev–Trinajstić information content (AvgIpc) is 2.94. The lowest BCUT2D eigenvalue weighted by Crippen LogP contribution is -2.31. The van der Waals surface area contributed by atoms with Crippen LogP contribution in [-0.4, -0.2) is 33.6 Å². The van der Waals surface area contributed by atoms with Gasteiger partial charge >= 0.3 is 12.0 Å². The normalized spacial score (nSPS) is 10.1. The summed E-state index contributed by atoms with van der Waals surface area (Å²) >= 11 is 0. The molecule has 8 heteroatoms. The summed E-state index contributed by atoms with van der Waals surface area (Å²) in [5.41, 5.74) is 0.176. The monoisotopic (exact) mass is 292 g/mol. The molecule has 4 N–H and O–H groups in total. The minimum absolute atomic E-state index is 0.297. The Bertz CT molecular complexity index is 643. The van der Waals surface area contributed by atoms with Gasteiger partial charge in [-0.15, -0.1) is 0 Å². The van der Waals surface area contributed by atoms with E-state index in [0.29, 0.717) is 13.0 Å². The number of benzene rings is 1. The molecule has 2 aromatic rings. The number of halogens is 1. The number of carboxylic acid groups (broad SMARTS) is 1. The molecule has 0 saturated heterocycles. The zero-order valence-electron chi connectivity index (χ0n) is 10.9. The van der Waals surface area contributed by atoms with Crippen molar-refractivity contribution in [1.82, 2.24) is 15.3 Å². The fraction of sp³-hybridized carbons (Fsp3) is 0.154. The molecule has 1 aromatic heterocycles. The van der Waals surface area contributed by atoms with Gasteiger partial charge in [-0.3, -0.25) is 0 Å². The highest BCUT2D eigenvalue weighted by molar-refractivity contribution is 6.00. The van der Waals surface area contributed by atoms with Crippen LogP contribution in [0.5, 0.6) is 0 Å². The highest BCUT2D eigenvalue weighted by Gasteiger charge is 2.16. The molecule has 0 fully saturated rings. The van der Waals surface area contributed by atoms with Crippen LogP contribution < -0.4 is 10.6 Å². The number of nitrogens with one attached hydrogen (secondary N) is 3. The number of nitrogens with zero attached hydrogens (tertiary/aromatic N) is 1. The van der Waals surface area contributed by atoms with Crippen molar-refractivity contribution in [2.24, 2.45) is 0 Å². The smallest absolute Gasteiger partial charge is 0.337 e. The van der Waals surface area contributed by atoms with E-state index in [1.807, 2.05) is 0 Å². The van der Waals surface area contributed by atoms with Crippen molar-refractivity contribution in [3.8, 4) is 0 Å². The topological polar surface area (TPSA) is 107 Å². The van der Waals surface area contributed by atoms with Gasteiger partial charge in [-0.1, -0.05) is 6.07 Å². The van der Waals surface area contributed by atoms with Gasteiger partial charge < -0.3 is 20.7 Å². The Hall–Kier alpha value is -2.90.